The molecule has 0 saturated carbocycles. The van der Waals surface area contributed by atoms with Crippen LogP contribution in [0.2, 0.25) is 0 Å². The van der Waals surface area contributed by atoms with Gasteiger partial charge in [0.2, 0.25) is 5.82 Å². The third-order valence-electron chi connectivity index (χ3n) is 2.48. The summed E-state index contributed by atoms with van der Waals surface area (Å²) in [6.07, 6.45) is 0.530. The molecule has 20 heavy (non-hydrogen) atoms. The monoisotopic (exact) mass is 284 g/mol. The van der Waals surface area contributed by atoms with Crippen LogP contribution in [0.1, 0.15) is 23.2 Å². The number of methoxy groups -OCH3 is 1. The number of amides is 1. The number of hydrogen-bond acceptors (Lipinski definition) is 5. The molecule has 0 aliphatic rings. The normalized spacial score (nSPS) is 9.90. The van der Waals surface area contributed by atoms with E-state index in [9.17, 15) is 24.1 Å². The van der Waals surface area contributed by atoms with E-state index in [0.717, 1.165) is 18.2 Å². The van der Waals surface area contributed by atoms with E-state index < -0.39 is 28.3 Å². The fourth-order valence-electron chi connectivity index (χ4n) is 1.43. The smallest absolute Gasteiger partial charge is 0.305 e. The summed E-state index contributed by atoms with van der Waals surface area (Å²) in [7, 11) is 1.26. The largest absolute Gasteiger partial charge is 0.469 e. The van der Waals surface area contributed by atoms with E-state index in [0.29, 0.717) is 6.42 Å². The highest BCUT2D eigenvalue weighted by Crippen LogP contribution is 2.18. The molecule has 0 spiro atoms. The lowest BCUT2D eigenvalue weighted by Crippen LogP contribution is -2.25. The van der Waals surface area contributed by atoms with Crippen LogP contribution in [0.25, 0.3) is 0 Å². The summed E-state index contributed by atoms with van der Waals surface area (Å²) >= 11 is 0. The van der Waals surface area contributed by atoms with E-state index >= 15 is 0 Å². The Morgan fingerprint density at radius 2 is 2.15 bits per heavy atom. The number of ether oxygens (including phenoxy) is 1. The minimum atomic E-state index is -1.00. The highest BCUT2D eigenvalue weighted by atomic mass is 19.1. The number of halogens is 1. The van der Waals surface area contributed by atoms with Crippen LogP contribution in [0.15, 0.2) is 18.2 Å². The summed E-state index contributed by atoms with van der Waals surface area (Å²) in [6, 6.07) is 2.88. The first-order chi connectivity index (χ1) is 9.45. The number of carbonyl (C=O) groups excluding carboxylic acids is 2. The molecule has 0 aliphatic heterocycles. The first-order valence-corrected chi connectivity index (χ1v) is 5.74. The number of nitro benzene ring substituents is 1. The fourth-order valence-corrected chi connectivity index (χ4v) is 1.43. The number of nitro groups is 1. The molecule has 1 aromatic rings. The molecule has 1 amide bonds. The highest BCUT2D eigenvalue weighted by Gasteiger charge is 2.17. The Labute approximate surface area is 113 Å². The maximum absolute atomic E-state index is 13.1. The Hall–Kier alpha value is -2.51. The van der Waals surface area contributed by atoms with Gasteiger partial charge >= 0.3 is 11.7 Å². The predicted octanol–water partition coefficient (Wildman–Crippen LogP) is 1.42. The molecule has 0 heterocycles. The topological polar surface area (TPSA) is 98.5 Å². The number of benzene rings is 1. The molecule has 1 rings (SSSR count). The molecule has 0 aromatic heterocycles. The predicted molar refractivity (Wildman–Crippen MR) is 66.6 cm³/mol. The third kappa shape index (κ3) is 4.30. The van der Waals surface area contributed by atoms with Crippen LogP contribution < -0.4 is 5.32 Å². The third-order valence-corrected chi connectivity index (χ3v) is 2.48. The lowest BCUT2D eigenvalue weighted by molar-refractivity contribution is -0.387. The van der Waals surface area contributed by atoms with Gasteiger partial charge in [-0.25, -0.2) is 0 Å². The molecule has 0 saturated heterocycles. The minimum Gasteiger partial charge on any atom is -0.469 e. The van der Waals surface area contributed by atoms with Gasteiger partial charge in [-0.05, 0) is 18.6 Å². The zero-order valence-electron chi connectivity index (χ0n) is 10.7. The molecule has 1 aromatic carbocycles. The van der Waals surface area contributed by atoms with Crippen molar-refractivity contribution in [3.05, 3.63) is 39.7 Å². The SMILES string of the molecule is COC(=O)CCCNC(=O)c1ccc(F)c([N+](=O)[O-])c1. The first kappa shape index (κ1) is 15.5. The van der Waals surface area contributed by atoms with Gasteiger partial charge in [0.1, 0.15) is 0 Å². The van der Waals surface area contributed by atoms with E-state index in [2.05, 4.69) is 10.1 Å². The summed E-state index contributed by atoms with van der Waals surface area (Å²) in [5.41, 5.74) is -0.775. The maximum Gasteiger partial charge on any atom is 0.305 e. The summed E-state index contributed by atoms with van der Waals surface area (Å²) in [5.74, 6) is -1.97. The zero-order valence-corrected chi connectivity index (χ0v) is 10.7. The lowest BCUT2D eigenvalue weighted by atomic mass is 10.2. The van der Waals surface area contributed by atoms with E-state index in [1.165, 1.54) is 7.11 Å². The summed E-state index contributed by atoms with van der Waals surface area (Å²) in [6.45, 7) is 0.207. The van der Waals surface area contributed by atoms with Crippen molar-refractivity contribution in [1.82, 2.24) is 5.32 Å². The maximum atomic E-state index is 13.1. The molecule has 0 unspecified atom stereocenters. The van der Waals surface area contributed by atoms with E-state index in [4.69, 9.17) is 0 Å². The van der Waals surface area contributed by atoms with Crippen molar-refractivity contribution in [2.45, 2.75) is 12.8 Å². The average molecular weight is 284 g/mol. The number of nitrogens with zero attached hydrogens (tertiary/aromatic N) is 1. The standard InChI is InChI=1S/C12H13FN2O5/c1-20-11(16)3-2-6-14-12(17)8-4-5-9(13)10(7-8)15(18)19/h4-5,7H,2-3,6H2,1H3,(H,14,17). The summed E-state index contributed by atoms with van der Waals surface area (Å²) in [4.78, 5) is 32.2. The van der Waals surface area contributed by atoms with Gasteiger partial charge in [-0.15, -0.1) is 0 Å². The van der Waals surface area contributed by atoms with Gasteiger partial charge in [0.25, 0.3) is 5.91 Å². The number of esters is 1. The molecule has 1 N–H and O–H groups in total. The molecular weight excluding hydrogens is 271 g/mol. The van der Waals surface area contributed by atoms with Gasteiger partial charge in [0, 0.05) is 24.6 Å². The molecule has 0 bridgehead atoms. The molecule has 108 valence electrons. The lowest BCUT2D eigenvalue weighted by Gasteiger charge is -2.05. The minimum absolute atomic E-state index is 0.0174. The Morgan fingerprint density at radius 3 is 2.75 bits per heavy atom. The van der Waals surface area contributed by atoms with Crippen molar-refractivity contribution in [3.8, 4) is 0 Å². The van der Waals surface area contributed by atoms with Crippen LogP contribution in [0, 0.1) is 15.9 Å². The molecular formula is C12H13FN2O5. The van der Waals surface area contributed by atoms with Gasteiger partial charge in [0.05, 0.1) is 12.0 Å². The van der Waals surface area contributed by atoms with Gasteiger partial charge in [-0.2, -0.15) is 4.39 Å². The van der Waals surface area contributed by atoms with Crippen LogP contribution in [0.5, 0.6) is 0 Å². The van der Waals surface area contributed by atoms with Crippen molar-refractivity contribution in [2.24, 2.45) is 0 Å². The average Bonchev–Trinajstić information content (AvgIpc) is 2.43. The van der Waals surface area contributed by atoms with Gasteiger partial charge in [0.15, 0.2) is 0 Å². The fraction of sp³-hybridized carbons (Fsp3) is 0.333. The second-order valence-corrected chi connectivity index (χ2v) is 3.86. The summed E-state index contributed by atoms with van der Waals surface area (Å²) in [5, 5.41) is 13.0. The molecule has 0 atom stereocenters. The van der Waals surface area contributed by atoms with Crippen molar-refractivity contribution in [3.63, 3.8) is 0 Å². The van der Waals surface area contributed by atoms with Crippen molar-refractivity contribution in [2.75, 3.05) is 13.7 Å². The number of hydrogen-bond donors (Lipinski definition) is 1. The van der Waals surface area contributed by atoms with Crippen LogP contribution in [0.4, 0.5) is 10.1 Å². The Balaban J connectivity index is 2.58. The van der Waals surface area contributed by atoms with Crippen molar-refractivity contribution in [1.29, 1.82) is 0 Å². The number of nitrogens with one attached hydrogen (secondary N) is 1. The van der Waals surface area contributed by atoms with Crippen LogP contribution in [-0.4, -0.2) is 30.5 Å². The molecule has 0 fully saturated rings. The zero-order chi connectivity index (χ0) is 15.1. The van der Waals surface area contributed by atoms with Crippen molar-refractivity contribution >= 4 is 17.6 Å². The second kappa shape index (κ2) is 7.17. The first-order valence-electron chi connectivity index (χ1n) is 5.74. The summed E-state index contributed by atoms with van der Waals surface area (Å²) < 4.78 is 17.5. The second-order valence-electron chi connectivity index (χ2n) is 3.86. The number of carbonyl (C=O) groups is 2. The molecule has 0 aliphatic carbocycles. The van der Waals surface area contributed by atoms with Crippen LogP contribution in [0.3, 0.4) is 0 Å². The molecule has 8 heteroatoms. The van der Waals surface area contributed by atoms with Gasteiger partial charge in [-0.3, -0.25) is 19.7 Å². The molecule has 7 nitrogen and oxygen atoms in total. The number of rotatable bonds is 6. The van der Waals surface area contributed by atoms with Gasteiger partial charge < -0.3 is 10.1 Å². The Kier molecular flexibility index (Phi) is 5.57. The Morgan fingerprint density at radius 1 is 1.45 bits per heavy atom. The Bertz CT molecular complexity index is 533. The van der Waals surface area contributed by atoms with Crippen LogP contribution >= 0.6 is 0 Å². The molecule has 0 radical (unpaired) electrons. The van der Waals surface area contributed by atoms with E-state index in [-0.39, 0.29) is 18.5 Å². The van der Waals surface area contributed by atoms with Crippen LogP contribution in [-0.2, 0) is 9.53 Å². The van der Waals surface area contributed by atoms with Crippen molar-refractivity contribution < 1.29 is 23.6 Å². The van der Waals surface area contributed by atoms with E-state index in [1.54, 1.807) is 0 Å². The van der Waals surface area contributed by atoms with Gasteiger partial charge in [-0.1, -0.05) is 0 Å². The quantitative estimate of drug-likeness (QED) is 0.368. The highest BCUT2D eigenvalue weighted by molar-refractivity contribution is 5.94. The van der Waals surface area contributed by atoms with E-state index in [1.807, 2.05) is 0 Å².